The van der Waals surface area contributed by atoms with Crippen LogP contribution in [0.5, 0.6) is 0 Å². The molecule has 0 fully saturated rings. The molecule has 0 saturated carbocycles. The van der Waals surface area contributed by atoms with Gasteiger partial charge in [0.05, 0.1) is 13.2 Å². The van der Waals surface area contributed by atoms with Gasteiger partial charge in [0.15, 0.2) is 34.9 Å². The zero-order valence-electron chi connectivity index (χ0n) is 19.1. The Balaban J connectivity index is 1.33. The number of halogens is 6. The van der Waals surface area contributed by atoms with Crippen LogP contribution in [0.15, 0.2) is 72.8 Å². The molecular weight excluding hydrogens is 496 g/mol. The van der Waals surface area contributed by atoms with E-state index in [0.717, 1.165) is 35.4 Å². The van der Waals surface area contributed by atoms with E-state index in [1.54, 1.807) is 48.5 Å². The molecule has 0 atom stereocenters. The standard InChI is InChI=1S/C26H18B2F6O3/c29-21-9-19(10-22(30)25(21)33)27(35)17-5-1-15(2-6-17)13-37-14-16-3-7-18(8-4-16)28(36)20-11-23(31)26(34)24(32)12-20/h1-12,35-36H,13-14H2. The van der Waals surface area contributed by atoms with Crippen molar-refractivity contribution in [1.82, 2.24) is 0 Å². The number of ether oxygens (including phenoxy) is 1. The lowest BCUT2D eigenvalue weighted by molar-refractivity contribution is 0.107. The smallest absolute Gasteiger partial charge is 0.359 e. The summed E-state index contributed by atoms with van der Waals surface area (Å²) in [5.74, 6) is -8.76. The quantitative estimate of drug-likeness (QED) is 0.216. The molecule has 0 unspecified atom stereocenters. The Morgan fingerprint density at radius 1 is 0.486 bits per heavy atom. The molecule has 0 spiro atoms. The fraction of sp³-hybridized carbons (Fsp3) is 0.0769. The molecule has 0 aromatic heterocycles. The first-order valence-corrected chi connectivity index (χ1v) is 11.0. The molecule has 0 aliphatic carbocycles. The molecule has 188 valence electrons. The summed E-state index contributed by atoms with van der Waals surface area (Å²) < 4.78 is 85.7. The molecule has 0 saturated heterocycles. The monoisotopic (exact) mass is 514 g/mol. The lowest BCUT2D eigenvalue weighted by Crippen LogP contribution is -2.42. The molecular formula is C26H18B2F6O3. The molecule has 2 N–H and O–H groups in total. The highest BCUT2D eigenvalue weighted by atomic mass is 19.2. The molecule has 4 rings (SSSR count). The van der Waals surface area contributed by atoms with Crippen LogP contribution in [0.3, 0.4) is 0 Å². The van der Waals surface area contributed by atoms with Crippen molar-refractivity contribution in [3.05, 3.63) is 119 Å². The van der Waals surface area contributed by atoms with Crippen LogP contribution < -0.4 is 21.9 Å². The third-order valence-electron chi connectivity index (χ3n) is 5.77. The zero-order chi connectivity index (χ0) is 26.7. The Labute approximate surface area is 209 Å². The zero-order valence-corrected chi connectivity index (χ0v) is 19.1. The number of hydrogen-bond donors (Lipinski definition) is 2. The van der Waals surface area contributed by atoms with Crippen LogP contribution in [-0.4, -0.2) is 23.9 Å². The largest absolute Gasteiger partial charge is 0.443 e. The summed E-state index contributed by atoms with van der Waals surface area (Å²) in [6.07, 6.45) is 0. The Morgan fingerprint density at radius 3 is 1.08 bits per heavy atom. The lowest BCUT2D eigenvalue weighted by Gasteiger charge is -2.11. The van der Waals surface area contributed by atoms with E-state index in [0.29, 0.717) is 10.9 Å². The minimum Gasteiger partial charge on any atom is -0.443 e. The van der Waals surface area contributed by atoms with Gasteiger partial charge in [0.1, 0.15) is 0 Å². The van der Waals surface area contributed by atoms with Gasteiger partial charge in [0.2, 0.25) is 0 Å². The van der Waals surface area contributed by atoms with E-state index in [-0.39, 0.29) is 24.1 Å². The summed E-state index contributed by atoms with van der Waals surface area (Å²) in [6, 6.07) is 15.8. The van der Waals surface area contributed by atoms with E-state index < -0.39 is 48.7 Å². The van der Waals surface area contributed by atoms with Crippen LogP contribution in [-0.2, 0) is 18.0 Å². The summed E-state index contributed by atoms with van der Waals surface area (Å²) in [4.78, 5) is 0. The van der Waals surface area contributed by atoms with Gasteiger partial charge in [0.25, 0.3) is 0 Å². The van der Waals surface area contributed by atoms with Crippen molar-refractivity contribution >= 4 is 35.7 Å². The highest BCUT2D eigenvalue weighted by Gasteiger charge is 2.22. The van der Waals surface area contributed by atoms with Gasteiger partial charge in [-0.2, -0.15) is 0 Å². The van der Waals surface area contributed by atoms with Crippen LogP contribution in [0.25, 0.3) is 0 Å². The highest BCUT2D eigenvalue weighted by molar-refractivity contribution is 6.79. The van der Waals surface area contributed by atoms with Gasteiger partial charge < -0.3 is 14.8 Å². The van der Waals surface area contributed by atoms with Gasteiger partial charge in [0, 0.05) is 0 Å². The third-order valence-corrected chi connectivity index (χ3v) is 5.77. The second kappa shape index (κ2) is 11.2. The Morgan fingerprint density at radius 2 is 0.784 bits per heavy atom. The average Bonchev–Trinajstić information content (AvgIpc) is 2.89. The number of rotatable bonds is 8. The van der Waals surface area contributed by atoms with Gasteiger partial charge >= 0.3 is 13.8 Å². The minimum atomic E-state index is -1.60. The predicted molar refractivity (Wildman–Crippen MR) is 128 cm³/mol. The average molecular weight is 514 g/mol. The van der Waals surface area contributed by atoms with E-state index in [1.807, 2.05) is 0 Å². The van der Waals surface area contributed by atoms with Crippen molar-refractivity contribution in [2.45, 2.75) is 13.2 Å². The summed E-state index contributed by atoms with van der Waals surface area (Å²) in [5.41, 5.74) is 1.96. The van der Waals surface area contributed by atoms with Crippen molar-refractivity contribution in [3.8, 4) is 0 Å². The van der Waals surface area contributed by atoms with Crippen molar-refractivity contribution in [2.75, 3.05) is 0 Å². The van der Waals surface area contributed by atoms with Gasteiger partial charge in [-0.15, -0.1) is 0 Å². The second-order valence-corrected chi connectivity index (χ2v) is 8.38. The molecule has 4 aromatic carbocycles. The maximum absolute atomic E-state index is 13.4. The Bertz CT molecular complexity index is 1250. The van der Waals surface area contributed by atoms with Gasteiger partial charge in [-0.3, -0.25) is 0 Å². The molecule has 11 heteroatoms. The second-order valence-electron chi connectivity index (χ2n) is 8.38. The van der Waals surface area contributed by atoms with E-state index in [2.05, 4.69) is 0 Å². The maximum atomic E-state index is 13.4. The first kappa shape index (κ1) is 26.5. The third kappa shape index (κ3) is 6.07. The molecule has 0 bridgehead atoms. The van der Waals surface area contributed by atoms with E-state index in [1.165, 1.54) is 0 Å². The molecule has 0 heterocycles. The predicted octanol–water partition coefficient (Wildman–Crippen LogP) is 2.43. The first-order valence-electron chi connectivity index (χ1n) is 11.0. The van der Waals surface area contributed by atoms with Gasteiger partial charge in [-0.1, -0.05) is 48.5 Å². The SMILES string of the molecule is OB(c1ccc(COCc2ccc(B(O)c3cc(F)c(F)c(F)c3)cc2)cc1)c1cc(F)c(F)c(F)c1. The first-order chi connectivity index (χ1) is 17.6. The normalized spacial score (nSPS) is 11.0. The van der Waals surface area contributed by atoms with Crippen molar-refractivity contribution in [2.24, 2.45) is 0 Å². The van der Waals surface area contributed by atoms with Crippen molar-refractivity contribution < 1.29 is 41.1 Å². The topological polar surface area (TPSA) is 49.7 Å². The fourth-order valence-electron chi connectivity index (χ4n) is 3.73. The number of hydrogen-bond acceptors (Lipinski definition) is 3. The van der Waals surface area contributed by atoms with Gasteiger partial charge in [-0.05, 0) is 57.2 Å². The lowest BCUT2D eigenvalue weighted by atomic mass is 9.56. The summed E-state index contributed by atoms with van der Waals surface area (Å²) in [6.45, 7) is -2.30. The van der Waals surface area contributed by atoms with Gasteiger partial charge in [-0.25, -0.2) is 26.3 Å². The summed E-state index contributed by atoms with van der Waals surface area (Å²) >= 11 is 0. The Kier molecular flexibility index (Phi) is 8.06. The fourth-order valence-corrected chi connectivity index (χ4v) is 3.73. The Hall–Kier alpha value is -3.53. The van der Waals surface area contributed by atoms with E-state index >= 15 is 0 Å². The van der Waals surface area contributed by atoms with E-state index in [9.17, 15) is 36.4 Å². The number of benzene rings is 4. The van der Waals surface area contributed by atoms with Crippen LogP contribution in [0.1, 0.15) is 11.1 Å². The van der Waals surface area contributed by atoms with E-state index in [4.69, 9.17) is 4.74 Å². The summed E-state index contributed by atoms with van der Waals surface area (Å²) in [5, 5.41) is 20.7. The van der Waals surface area contributed by atoms with Crippen LogP contribution in [0, 0.1) is 34.9 Å². The highest BCUT2D eigenvalue weighted by Crippen LogP contribution is 2.10. The van der Waals surface area contributed by atoms with Crippen LogP contribution in [0.4, 0.5) is 26.3 Å². The molecule has 37 heavy (non-hydrogen) atoms. The molecule has 0 amide bonds. The summed E-state index contributed by atoms with van der Waals surface area (Å²) in [7, 11) is 0. The molecule has 4 aromatic rings. The molecule has 0 aliphatic heterocycles. The minimum absolute atomic E-state index is 0.122. The van der Waals surface area contributed by atoms with Crippen molar-refractivity contribution in [1.29, 1.82) is 0 Å². The van der Waals surface area contributed by atoms with Crippen molar-refractivity contribution in [3.63, 3.8) is 0 Å². The van der Waals surface area contributed by atoms with Crippen LogP contribution in [0.2, 0.25) is 0 Å². The molecule has 0 aliphatic rings. The maximum Gasteiger partial charge on any atom is 0.359 e. The van der Waals surface area contributed by atoms with Crippen LogP contribution >= 0.6 is 0 Å². The molecule has 0 radical (unpaired) electrons. The molecule has 3 nitrogen and oxygen atoms in total.